The summed E-state index contributed by atoms with van der Waals surface area (Å²) < 4.78 is 63.4. The van der Waals surface area contributed by atoms with Crippen LogP contribution in [0.15, 0.2) is 24.3 Å². The molecule has 0 amide bonds. The Morgan fingerprint density at radius 2 is 1.83 bits per heavy atom. The van der Waals surface area contributed by atoms with Crippen LogP contribution in [0.25, 0.3) is 11.3 Å². The van der Waals surface area contributed by atoms with E-state index in [0.717, 1.165) is 18.4 Å². The molecule has 0 fully saturated rings. The maximum atomic E-state index is 12.8. The first kappa shape index (κ1) is 17.5. The highest BCUT2D eigenvalue weighted by atomic mass is 35.5. The Morgan fingerprint density at radius 3 is 2.35 bits per heavy atom. The molecule has 1 N–H and O–H groups in total. The molecule has 0 unspecified atom stereocenters. The maximum absolute atomic E-state index is 12.8. The topological polar surface area (TPSA) is 72.0 Å². The van der Waals surface area contributed by atoms with E-state index in [9.17, 15) is 21.6 Å². The normalized spacial score (nSPS) is 12.3. The molecule has 0 saturated heterocycles. The molecule has 2 rings (SSSR count). The summed E-state index contributed by atoms with van der Waals surface area (Å²) in [6.07, 6.45) is -3.76. The van der Waals surface area contributed by atoms with Gasteiger partial charge in [0.05, 0.1) is 23.2 Å². The molecule has 1 heterocycles. The van der Waals surface area contributed by atoms with Crippen LogP contribution < -0.4 is 4.72 Å². The van der Waals surface area contributed by atoms with Crippen molar-refractivity contribution in [3.8, 4) is 11.3 Å². The summed E-state index contributed by atoms with van der Waals surface area (Å²) in [5.41, 5.74) is -0.297. The van der Waals surface area contributed by atoms with Crippen LogP contribution in [0.5, 0.6) is 0 Å². The molecule has 1 aromatic carbocycles. The van der Waals surface area contributed by atoms with Crippen LogP contribution in [0.2, 0.25) is 5.15 Å². The highest BCUT2D eigenvalue weighted by Gasteiger charge is 2.31. The summed E-state index contributed by atoms with van der Waals surface area (Å²) >= 11 is 5.77. The number of halogens is 4. The minimum Gasteiger partial charge on any atom is -0.283 e. The molecule has 124 valence electrons. The lowest BCUT2D eigenvalue weighted by molar-refractivity contribution is -0.137. The van der Waals surface area contributed by atoms with E-state index in [4.69, 9.17) is 11.6 Å². The molecule has 0 radical (unpaired) electrons. The number of benzene rings is 1. The van der Waals surface area contributed by atoms with E-state index in [1.807, 2.05) is 0 Å². The van der Waals surface area contributed by atoms with Gasteiger partial charge in [0.2, 0.25) is 10.0 Å². The SMILES string of the molecule is Cc1cc(-c2ccc(C(F)(F)F)cc2NS(C)(=O)=O)nnc1Cl. The van der Waals surface area contributed by atoms with Crippen molar-refractivity contribution in [3.05, 3.63) is 40.5 Å². The minimum absolute atomic E-state index is 0.151. The summed E-state index contributed by atoms with van der Waals surface area (Å²) in [6, 6.07) is 4.19. The van der Waals surface area contributed by atoms with Crippen molar-refractivity contribution in [3.63, 3.8) is 0 Å². The summed E-state index contributed by atoms with van der Waals surface area (Å²) in [5, 5.41) is 7.62. The number of aryl methyl sites for hydroxylation is 1. The quantitative estimate of drug-likeness (QED) is 0.903. The first-order valence-corrected chi connectivity index (χ1v) is 8.43. The minimum atomic E-state index is -4.60. The first-order chi connectivity index (χ1) is 10.5. The molecule has 1 aromatic heterocycles. The van der Waals surface area contributed by atoms with E-state index < -0.39 is 21.8 Å². The molecule has 0 spiro atoms. The van der Waals surface area contributed by atoms with Crippen LogP contribution in [0.1, 0.15) is 11.1 Å². The summed E-state index contributed by atoms with van der Waals surface area (Å²) in [6.45, 7) is 1.65. The van der Waals surface area contributed by atoms with Gasteiger partial charge in [-0.25, -0.2) is 8.42 Å². The van der Waals surface area contributed by atoms with Crippen LogP contribution in [0.3, 0.4) is 0 Å². The molecular formula is C13H11ClF3N3O2S. The van der Waals surface area contributed by atoms with Gasteiger partial charge in [0, 0.05) is 5.56 Å². The van der Waals surface area contributed by atoms with Crippen molar-refractivity contribution < 1.29 is 21.6 Å². The fourth-order valence-electron chi connectivity index (χ4n) is 1.83. The largest absolute Gasteiger partial charge is 0.416 e. The van der Waals surface area contributed by atoms with Gasteiger partial charge >= 0.3 is 6.18 Å². The zero-order chi connectivity index (χ0) is 17.4. The van der Waals surface area contributed by atoms with Crippen LogP contribution in [-0.4, -0.2) is 24.9 Å². The van der Waals surface area contributed by atoms with Gasteiger partial charge in [-0.1, -0.05) is 17.7 Å². The Labute approximate surface area is 135 Å². The van der Waals surface area contributed by atoms with Gasteiger partial charge in [-0.05, 0) is 30.7 Å². The molecule has 2 aromatic rings. The second-order valence-corrected chi connectivity index (χ2v) is 6.94. The highest BCUT2D eigenvalue weighted by Crippen LogP contribution is 2.36. The zero-order valence-electron chi connectivity index (χ0n) is 11.9. The molecule has 0 aliphatic carbocycles. The zero-order valence-corrected chi connectivity index (χ0v) is 13.5. The van der Waals surface area contributed by atoms with Gasteiger partial charge in [0.1, 0.15) is 0 Å². The third-order valence-electron chi connectivity index (χ3n) is 2.84. The Morgan fingerprint density at radius 1 is 1.17 bits per heavy atom. The van der Waals surface area contributed by atoms with Gasteiger partial charge in [-0.15, -0.1) is 10.2 Å². The van der Waals surface area contributed by atoms with Crippen LogP contribution >= 0.6 is 11.6 Å². The monoisotopic (exact) mass is 365 g/mol. The second kappa shape index (κ2) is 5.97. The van der Waals surface area contributed by atoms with E-state index in [-0.39, 0.29) is 22.1 Å². The van der Waals surface area contributed by atoms with Gasteiger partial charge in [0.15, 0.2) is 5.15 Å². The number of anilines is 1. The predicted molar refractivity (Wildman–Crippen MR) is 80.7 cm³/mol. The lowest BCUT2D eigenvalue weighted by Crippen LogP contribution is -2.13. The summed E-state index contributed by atoms with van der Waals surface area (Å²) in [7, 11) is -3.78. The Balaban J connectivity index is 2.64. The van der Waals surface area contributed by atoms with Crippen molar-refractivity contribution in [2.45, 2.75) is 13.1 Å². The Hall–Kier alpha value is -1.87. The lowest BCUT2D eigenvalue weighted by atomic mass is 10.1. The number of nitrogens with one attached hydrogen (secondary N) is 1. The van der Waals surface area contributed by atoms with Gasteiger partial charge < -0.3 is 0 Å². The highest BCUT2D eigenvalue weighted by molar-refractivity contribution is 7.92. The molecule has 5 nitrogen and oxygen atoms in total. The van der Waals surface area contributed by atoms with Crippen molar-refractivity contribution in [2.24, 2.45) is 0 Å². The molecule has 0 bridgehead atoms. The third kappa shape index (κ3) is 4.32. The number of hydrogen-bond acceptors (Lipinski definition) is 4. The summed E-state index contributed by atoms with van der Waals surface area (Å²) in [5.74, 6) is 0. The first-order valence-electron chi connectivity index (χ1n) is 6.16. The molecule has 0 aliphatic heterocycles. The average molecular weight is 366 g/mol. The van der Waals surface area contributed by atoms with Crippen LogP contribution in [0, 0.1) is 6.92 Å². The second-order valence-electron chi connectivity index (χ2n) is 4.84. The molecule has 10 heteroatoms. The number of hydrogen-bond donors (Lipinski definition) is 1. The van der Waals surface area contributed by atoms with Crippen molar-refractivity contribution in [1.82, 2.24) is 10.2 Å². The standard InChI is InChI=1S/C13H11ClF3N3O2S/c1-7-5-10(18-19-12(7)14)9-4-3-8(13(15,16)17)6-11(9)20-23(2,21)22/h3-6,20H,1-2H3. The number of sulfonamides is 1. The van der Waals surface area contributed by atoms with E-state index in [2.05, 4.69) is 14.9 Å². The lowest BCUT2D eigenvalue weighted by Gasteiger charge is -2.14. The van der Waals surface area contributed by atoms with E-state index in [1.54, 1.807) is 6.92 Å². The van der Waals surface area contributed by atoms with Crippen LogP contribution in [0.4, 0.5) is 18.9 Å². The fourth-order valence-corrected chi connectivity index (χ4v) is 2.49. The predicted octanol–water partition coefficient (Wildman–Crippen LogP) is 3.50. The number of alkyl halides is 3. The number of aromatic nitrogens is 2. The van der Waals surface area contributed by atoms with Gasteiger partial charge in [-0.2, -0.15) is 13.2 Å². The van der Waals surface area contributed by atoms with Gasteiger partial charge in [0.25, 0.3) is 0 Å². The molecule has 0 saturated carbocycles. The van der Waals surface area contributed by atoms with Crippen molar-refractivity contribution in [2.75, 3.05) is 11.0 Å². The maximum Gasteiger partial charge on any atom is 0.416 e. The molecule has 23 heavy (non-hydrogen) atoms. The Bertz CT molecular complexity index is 854. The van der Waals surface area contributed by atoms with Crippen molar-refractivity contribution in [1.29, 1.82) is 0 Å². The smallest absolute Gasteiger partial charge is 0.283 e. The average Bonchev–Trinajstić information content (AvgIpc) is 2.39. The van der Waals surface area contributed by atoms with E-state index in [0.29, 0.717) is 11.6 Å². The van der Waals surface area contributed by atoms with E-state index >= 15 is 0 Å². The number of rotatable bonds is 3. The van der Waals surface area contributed by atoms with E-state index in [1.165, 1.54) is 6.07 Å². The Kier molecular flexibility index (Phi) is 4.54. The summed E-state index contributed by atoms with van der Waals surface area (Å²) in [4.78, 5) is 0. The molecule has 0 aliphatic rings. The number of nitrogens with zero attached hydrogens (tertiary/aromatic N) is 2. The van der Waals surface area contributed by atoms with Gasteiger partial charge in [-0.3, -0.25) is 4.72 Å². The van der Waals surface area contributed by atoms with Crippen molar-refractivity contribution >= 4 is 27.3 Å². The molecular weight excluding hydrogens is 355 g/mol. The fraction of sp³-hybridized carbons (Fsp3) is 0.231. The molecule has 0 atom stereocenters. The van der Waals surface area contributed by atoms with Crippen LogP contribution in [-0.2, 0) is 16.2 Å². The third-order valence-corrected chi connectivity index (χ3v) is 3.81.